The first kappa shape index (κ1) is 13.1. The molecule has 0 aliphatic rings. The summed E-state index contributed by atoms with van der Waals surface area (Å²) in [7, 11) is 0. The Morgan fingerprint density at radius 3 is 2.22 bits per heavy atom. The molecule has 0 aliphatic carbocycles. The molecule has 2 rings (SSSR count). The molecule has 0 fully saturated rings. The van der Waals surface area contributed by atoms with Gasteiger partial charge in [0.25, 0.3) is 0 Å². The number of aliphatic imine (C=N–C) groups is 1. The van der Waals surface area contributed by atoms with Gasteiger partial charge in [-0.25, -0.2) is 0 Å². The van der Waals surface area contributed by atoms with Crippen LogP contribution < -0.4 is 0 Å². The van der Waals surface area contributed by atoms with Crippen LogP contribution in [0, 0.1) is 0 Å². The second-order valence-electron chi connectivity index (χ2n) is 3.91. The molecule has 0 spiro atoms. The Balaban J connectivity index is 1.96. The highest BCUT2D eigenvalue weighted by molar-refractivity contribution is 6.38. The minimum absolute atomic E-state index is 0.631. The van der Waals surface area contributed by atoms with Gasteiger partial charge in [0.2, 0.25) is 0 Å². The minimum atomic E-state index is 0.631. The molecule has 18 heavy (non-hydrogen) atoms. The standard InChI is InChI=1S/C15H13Cl2N/c16-14-7-4-8-15(17)13(14)11-18-10-9-12-5-2-1-3-6-12/h1-8,11H,9-10H2. The Hall–Kier alpha value is -1.31. The molecule has 0 heterocycles. The third-order valence-corrected chi connectivity index (χ3v) is 3.25. The van der Waals surface area contributed by atoms with E-state index in [0.717, 1.165) is 18.5 Å². The average Bonchev–Trinajstić information content (AvgIpc) is 2.38. The van der Waals surface area contributed by atoms with Crippen LogP contribution in [-0.2, 0) is 6.42 Å². The van der Waals surface area contributed by atoms with Crippen molar-refractivity contribution in [2.24, 2.45) is 4.99 Å². The summed E-state index contributed by atoms with van der Waals surface area (Å²) >= 11 is 12.1. The quantitative estimate of drug-likeness (QED) is 0.721. The maximum absolute atomic E-state index is 6.05. The van der Waals surface area contributed by atoms with Crippen LogP contribution in [0.2, 0.25) is 10.0 Å². The molecule has 0 bridgehead atoms. The molecule has 0 aliphatic heterocycles. The molecule has 2 aromatic rings. The van der Waals surface area contributed by atoms with Gasteiger partial charge in [-0.2, -0.15) is 0 Å². The van der Waals surface area contributed by atoms with Crippen LogP contribution in [0.25, 0.3) is 0 Å². The van der Waals surface area contributed by atoms with E-state index in [1.54, 1.807) is 6.21 Å². The fourth-order valence-electron chi connectivity index (χ4n) is 1.63. The third kappa shape index (κ3) is 3.59. The normalized spacial score (nSPS) is 11.0. The lowest BCUT2D eigenvalue weighted by atomic mass is 10.1. The van der Waals surface area contributed by atoms with Crippen molar-refractivity contribution in [1.82, 2.24) is 0 Å². The van der Waals surface area contributed by atoms with Crippen molar-refractivity contribution >= 4 is 29.4 Å². The van der Waals surface area contributed by atoms with E-state index in [-0.39, 0.29) is 0 Å². The van der Waals surface area contributed by atoms with Crippen molar-refractivity contribution in [1.29, 1.82) is 0 Å². The number of hydrogen-bond donors (Lipinski definition) is 0. The van der Waals surface area contributed by atoms with E-state index in [0.29, 0.717) is 10.0 Å². The van der Waals surface area contributed by atoms with Crippen LogP contribution in [0.4, 0.5) is 0 Å². The molecule has 0 saturated carbocycles. The molecular weight excluding hydrogens is 265 g/mol. The zero-order valence-corrected chi connectivity index (χ0v) is 11.3. The smallest absolute Gasteiger partial charge is 0.0508 e. The van der Waals surface area contributed by atoms with Crippen molar-refractivity contribution in [3.05, 3.63) is 69.7 Å². The first-order valence-corrected chi connectivity index (χ1v) is 6.51. The highest BCUT2D eigenvalue weighted by atomic mass is 35.5. The lowest BCUT2D eigenvalue weighted by molar-refractivity contribution is 0.973. The molecular formula is C15H13Cl2N. The summed E-state index contributed by atoms with van der Waals surface area (Å²) in [5.74, 6) is 0. The molecule has 0 N–H and O–H groups in total. The lowest BCUT2D eigenvalue weighted by Gasteiger charge is -2.00. The van der Waals surface area contributed by atoms with Crippen molar-refractivity contribution < 1.29 is 0 Å². The Bertz CT molecular complexity index is 515. The third-order valence-electron chi connectivity index (χ3n) is 2.59. The van der Waals surface area contributed by atoms with E-state index in [9.17, 15) is 0 Å². The number of benzene rings is 2. The Morgan fingerprint density at radius 1 is 0.889 bits per heavy atom. The van der Waals surface area contributed by atoms with Crippen molar-refractivity contribution in [3.63, 3.8) is 0 Å². The maximum atomic E-state index is 6.05. The van der Waals surface area contributed by atoms with Gasteiger partial charge in [0, 0.05) is 18.3 Å². The summed E-state index contributed by atoms with van der Waals surface area (Å²) in [6, 6.07) is 15.7. The predicted molar refractivity (Wildman–Crippen MR) is 79.1 cm³/mol. The molecule has 2 aromatic carbocycles. The molecule has 1 nitrogen and oxygen atoms in total. The number of halogens is 2. The van der Waals surface area contributed by atoms with Gasteiger partial charge in [0.1, 0.15) is 0 Å². The fraction of sp³-hybridized carbons (Fsp3) is 0.133. The minimum Gasteiger partial charge on any atom is -0.292 e. The summed E-state index contributed by atoms with van der Waals surface area (Å²) in [6.07, 6.45) is 2.66. The fourth-order valence-corrected chi connectivity index (χ4v) is 2.12. The topological polar surface area (TPSA) is 12.4 Å². The number of hydrogen-bond acceptors (Lipinski definition) is 1. The van der Waals surface area contributed by atoms with E-state index in [1.807, 2.05) is 36.4 Å². The summed E-state index contributed by atoms with van der Waals surface area (Å²) in [5, 5.41) is 1.26. The van der Waals surface area contributed by atoms with Crippen LogP contribution in [-0.4, -0.2) is 12.8 Å². The lowest BCUT2D eigenvalue weighted by Crippen LogP contribution is -1.91. The maximum Gasteiger partial charge on any atom is 0.0508 e. The highest BCUT2D eigenvalue weighted by Crippen LogP contribution is 2.22. The summed E-state index contributed by atoms with van der Waals surface area (Å²) in [6.45, 7) is 0.728. The molecule has 0 radical (unpaired) electrons. The zero-order valence-electron chi connectivity index (χ0n) is 9.81. The molecule has 0 saturated heterocycles. The van der Waals surface area contributed by atoms with Gasteiger partial charge in [0.05, 0.1) is 10.0 Å². The van der Waals surface area contributed by atoms with Crippen LogP contribution >= 0.6 is 23.2 Å². The van der Waals surface area contributed by atoms with E-state index in [2.05, 4.69) is 17.1 Å². The highest BCUT2D eigenvalue weighted by Gasteiger charge is 2.01. The van der Waals surface area contributed by atoms with Gasteiger partial charge in [0.15, 0.2) is 0 Å². The van der Waals surface area contributed by atoms with Gasteiger partial charge in [-0.3, -0.25) is 4.99 Å². The zero-order chi connectivity index (χ0) is 12.8. The monoisotopic (exact) mass is 277 g/mol. The van der Waals surface area contributed by atoms with Crippen molar-refractivity contribution in [2.45, 2.75) is 6.42 Å². The Kier molecular flexibility index (Phi) is 4.80. The van der Waals surface area contributed by atoms with E-state index < -0.39 is 0 Å². The number of rotatable bonds is 4. The predicted octanol–water partition coefficient (Wildman–Crippen LogP) is 4.66. The van der Waals surface area contributed by atoms with Crippen LogP contribution in [0.15, 0.2) is 53.5 Å². The molecule has 0 amide bonds. The molecule has 3 heteroatoms. The summed E-state index contributed by atoms with van der Waals surface area (Å²) in [5.41, 5.74) is 2.06. The number of nitrogens with zero attached hydrogens (tertiary/aromatic N) is 1. The van der Waals surface area contributed by atoms with Gasteiger partial charge >= 0.3 is 0 Å². The van der Waals surface area contributed by atoms with Crippen molar-refractivity contribution in [3.8, 4) is 0 Å². The van der Waals surface area contributed by atoms with Crippen LogP contribution in [0.5, 0.6) is 0 Å². The SMILES string of the molecule is Clc1cccc(Cl)c1C=NCCc1ccccc1. The van der Waals surface area contributed by atoms with E-state index >= 15 is 0 Å². The van der Waals surface area contributed by atoms with Crippen LogP contribution in [0.3, 0.4) is 0 Å². The van der Waals surface area contributed by atoms with Gasteiger partial charge in [-0.05, 0) is 24.1 Å². The van der Waals surface area contributed by atoms with Crippen molar-refractivity contribution in [2.75, 3.05) is 6.54 Å². The largest absolute Gasteiger partial charge is 0.292 e. The summed E-state index contributed by atoms with van der Waals surface area (Å²) < 4.78 is 0. The second-order valence-corrected chi connectivity index (χ2v) is 4.72. The van der Waals surface area contributed by atoms with Gasteiger partial charge in [-0.1, -0.05) is 59.6 Å². The van der Waals surface area contributed by atoms with Gasteiger partial charge < -0.3 is 0 Å². The Morgan fingerprint density at radius 2 is 1.56 bits per heavy atom. The first-order valence-electron chi connectivity index (χ1n) is 5.75. The van der Waals surface area contributed by atoms with E-state index in [4.69, 9.17) is 23.2 Å². The second kappa shape index (κ2) is 6.58. The average molecular weight is 278 g/mol. The molecule has 0 unspecified atom stereocenters. The molecule has 92 valence electrons. The first-order chi connectivity index (χ1) is 8.77. The van der Waals surface area contributed by atoms with Crippen LogP contribution in [0.1, 0.15) is 11.1 Å². The van der Waals surface area contributed by atoms with E-state index in [1.165, 1.54) is 5.56 Å². The molecule has 0 aromatic heterocycles. The Labute approximate surface area is 117 Å². The summed E-state index contributed by atoms with van der Waals surface area (Å²) in [4.78, 5) is 4.36. The molecule has 0 atom stereocenters. The van der Waals surface area contributed by atoms with Gasteiger partial charge in [-0.15, -0.1) is 0 Å².